The van der Waals surface area contributed by atoms with E-state index in [9.17, 15) is 9.59 Å². The summed E-state index contributed by atoms with van der Waals surface area (Å²) in [7, 11) is 0. The highest BCUT2D eigenvalue weighted by molar-refractivity contribution is 5.89. The van der Waals surface area contributed by atoms with Crippen LogP contribution >= 0.6 is 0 Å². The van der Waals surface area contributed by atoms with Crippen molar-refractivity contribution in [2.45, 2.75) is 133 Å². The maximum Gasteiger partial charge on any atom is 0.319 e. The van der Waals surface area contributed by atoms with Crippen LogP contribution in [0.2, 0.25) is 0 Å². The number of urea groups is 2. The molecule has 2 aliphatic carbocycles. The Morgan fingerprint density at radius 3 is 1.45 bits per heavy atom. The van der Waals surface area contributed by atoms with Gasteiger partial charge in [-0.2, -0.15) is 0 Å². The average Bonchev–Trinajstić information content (AvgIpc) is 3.95. The molecule has 0 radical (unpaired) electrons. The lowest BCUT2D eigenvalue weighted by atomic mass is 9.84. The lowest BCUT2D eigenvalue weighted by molar-refractivity contribution is 0.185. The Hall–Kier alpha value is -3.88. The number of anilines is 1. The van der Waals surface area contributed by atoms with E-state index >= 15 is 0 Å². The summed E-state index contributed by atoms with van der Waals surface area (Å²) in [5.74, 6) is 1.50. The van der Waals surface area contributed by atoms with E-state index < -0.39 is 0 Å². The van der Waals surface area contributed by atoms with Gasteiger partial charge in [0.15, 0.2) is 0 Å². The van der Waals surface area contributed by atoms with Gasteiger partial charge in [0.2, 0.25) is 0 Å². The van der Waals surface area contributed by atoms with Crippen molar-refractivity contribution in [1.82, 2.24) is 25.8 Å². The Balaban J connectivity index is 0.649. The van der Waals surface area contributed by atoms with Gasteiger partial charge in [-0.25, -0.2) is 9.59 Å². The Morgan fingerprint density at radius 1 is 0.528 bits per heavy atom. The molecule has 6 aliphatic rings. The molecule has 8 nitrogen and oxygen atoms in total. The van der Waals surface area contributed by atoms with Crippen molar-refractivity contribution < 1.29 is 9.59 Å². The molecule has 2 saturated carbocycles. The van der Waals surface area contributed by atoms with E-state index in [0.717, 1.165) is 48.8 Å². The molecule has 280 valence electrons. The van der Waals surface area contributed by atoms with Crippen LogP contribution in [-0.4, -0.2) is 47.0 Å². The second-order valence-electron chi connectivity index (χ2n) is 17.1. The minimum atomic E-state index is -0.142. The lowest BCUT2D eigenvalue weighted by Gasteiger charge is -2.31. The van der Waals surface area contributed by atoms with Crippen LogP contribution in [-0.2, 0) is 6.54 Å². The van der Waals surface area contributed by atoms with Gasteiger partial charge in [-0.3, -0.25) is 9.80 Å². The largest absolute Gasteiger partial charge is 0.335 e. The summed E-state index contributed by atoms with van der Waals surface area (Å²) in [5.41, 5.74) is 8.00. The highest BCUT2D eigenvalue weighted by atomic mass is 16.2. The number of amides is 4. The normalized spacial score (nSPS) is 30.1. The van der Waals surface area contributed by atoms with Gasteiger partial charge in [-0.15, -0.1) is 0 Å². The monoisotopic (exact) mass is 714 g/mol. The molecule has 4 bridgehead atoms. The number of rotatable bonds is 11. The summed E-state index contributed by atoms with van der Waals surface area (Å²) < 4.78 is 0. The number of fused-ring (bicyclic) bond motifs is 10. The fraction of sp³-hybridized carbons (Fsp3) is 0.556. The summed E-state index contributed by atoms with van der Waals surface area (Å²) in [6.45, 7) is 2.81. The molecule has 4 aliphatic heterocycles. The number of hydrogen-bond acceptors (Lipinski definition) is 4. The van der Waals surface area contributed by atoms with E-state index in [1.165, 1.54) is 77.3 Å². The molecule has 3 aromatic rings. The zero-order valence-corrected chi connectivity index (χ0v) is 31.3. The van der Waals surface area contributed by atoms with Crippen molar-refractivity contribution in [3.8, 4) is 0 Å². The van der Waals surface area contributed by atoms with Crippen LogP contribution in [0.3, 0.4) is 0 Å². The third kappa shape index (κ3) is 7.46. The summed E-state index contributed by atoms with van der Waals surface area (Å²) in [4.78, 5) is 31.3. The van der Waals surface area contributed by atoms with Crippen LogP contribution in [0.4, 0.5) is 15.3 Å². The topological polar surface area (TPSA) is 88.7 Å². The average molecular weight is 715 g/mol. The van der Waals surface area contributed by atoms with Crippen LogP contribution < -0.4 is 21.3 Å². The molecule has 4 atom stereocenters. The Bertz CT molecular complexity index is 1700. The first-order valence-electron chi connectivity index (χ1n) is 21.0. The summed E-state index contributed by atoms with van der Waals surface area (Å²) in [5, 5.41) is 12.5. The number of carbonyl (C=O) groups excluding carboxylic acids is 2. The molecule has 4 heterocycles. The predicted octanol–water partition coefficient (Wildman–Crippen LogP) is 9.29. The fourth-order valence-electron chi connectivity index (χ4n) is 11.3. The fourth-order valence-corrected chi connectivity index (χ4v) is 11.3. The highest BCUT2D eigenvalue weighted by Crippen LogP contribution is 2.54. The van der Waals surface area contributed by atoms with Gasteiger partial charge in [0.1, 0.15) is 0 Å². The predicted molar refractivity (Wildman–Crippen MR) is 210 cm³/mol. The van der Waals surface area contributed by atoms with Gasteiger partial charge in [0.05, 0.1) is 0 Å². The first-order valence-corrected chi connectivity index (χ1v) is 21.0. The number of benzene rings is 3. The van der Waals surface area contributed by atoms with Crippen LogP contribution in [0.25, 0.3) is 0 Å². The number of carbonyl (C=O) groups is 2. The molecule has 4 amide bonds. The van der Waals surface area contributed by atoms with Crippen LogP contribution in [0, 0.1) is 11.8 Å². The molecule has 8 heteroatoms. The molecule has 0 aromatic heterocycles. The first-order chi connectivity index (χ1) is 26.1. The number of hydrogen-bond donors (Lipinski definition) is 4. The summed E-state index contributed by atoms with van der Waals surface area (Å²) >= 11 is 0. The van der Waals surface area contributed by atoms with Crippen molar-refractivity contribution in [1.29, 1.82) is 0 Å². The van der Waals surface area contributed by atoms with Crippen molar-refractivity contribution in [2.24, 2.45) is 11.8 Å². The molecule has 0 spiro atoms. The quantitative estimate of drug-likeness (QED) is 0.160. The number of nitrogens with one attached hydrogen (secondary N) is 4. The molecule has 4 unspecified atom stereocenters. The third-order valence-electron chi connectivity index (χ3n) is 14.0. The van der Waals surface area contributed by atoms with Crippen molar-refractivity contribution in [2.75, 3.05) is 18.4 Å². The van der Waals surface area contributed by atoms with E-state index in [4.69, 9.17) is 0 Å². The summed E-state index contributed by atoms with van der Waals surface area (Å²) in [6, 6.07) is 28.7. The number of nitrogens with zero attached hydrogens (tertiary/aromatic N) is 2. The smallest absolute Gasteiger partial charge is 0.319 e. The third-order valence-corrected chi connectivity index (χ3v) is 14.0. The molecular formula is C45H58N6O2. The SMILES string of the molecule is O=C(NCc1cccc(NC(=O)NC2CCC(CCN3C4CCC3c3ccccc34)CC2)c1)NC1CCC(CCN2C3CCC2c2ccccc23)CC1. The second kappa shape index (κ2) is 15.5. The maximum atomic E-state index is 12.9. The van der Waals surface area contributed by atoms with Crippen molar-refractivity contribution in [3.05, 3.63) is 101 Å². The molecule has 4 fully saturated rings. The Kier molecular flexibility index (Phi) is 10.2. The van der Waals surface area contributed by atoms with Gasteiger partial charge < -0.3 is 21.3 Å². The standard InChI is InChI=1S/C45H58N6O2/c52-44(47-33-16-12-30(13-17-33)24-26-50-40-20-21-41(50)37-9-2-1-8-36(37)40)46-29-32-6-5-7-35(28-32)49-45(53)48-34-18-14-31(15-19-34)25-27-51-42-22-23-43(51)39-11-4-3-10-38(39)42/h1-11,28,30-31,33-34,40-43H,12-27,29H2,(H2,46,47,52)(H2,48,49,53). The van der Waals surface area contributed by atoms with Crippen LogP contribution in [0.5, 0.6) is 0 Å². The van der Waals surface area contributed by atoms with Gasteiger partial charge in [-0.05, 0) is 155 Å². The first kappa shape index (κ1) is 34.9. The molecule has 53 heavy (non-hydrogen) atoms. The molecule has 4 N–H and O–H groups in total. The van der Waals surface area contributed by atoms with Crippen LogP contribution in [0.1, 0.15) is 142 Å². The molecule has 9 rings (SSSR count). The second-order valence-corrected chi connectivity index (χ2v) is 17.1. The minimum absolute atomic E-state index is 0.107. The van der Waals surface area contributed by atoms with E-state index in [-0.39, 0.29) is 24.1 Å². The van der Waals surface area contributed by atoms with E-state index in [0.29, 0.717) is 30.7 Å². The zero-order chi connectivity index (χ0) is 35.7. The molecular weight excluding hydrogens is 657 g/mol. The lowest BCUT2D eigenvalue weighted by Crippen LogP contribution is -2.43. The van der Waals surface area contributed by atoms with Crippen molar-refractivity contribution in [3.63, 3.8) is 0 Å². The van der Waals surface area contributed by atoms with E-state index in [1.807, 2.05) is 24.3 Å². The van der Waals surface area contributed by atoms with Gasteiger partial charge in [0.25, 0.3) is 0 Å². The highest BCUT2D eigenvalue weighted by Gasteiger charge is 2.44. The van der Waals surface area contributed by atoms with E-state index in [1.54, 1.807) is 22.3 Å². The van der Waals surface area contributed by atoms with E-state index in [2.05, 4.69) is 79.6 Å². The van der Waals surface area contributed by atoms with Gasteiger partial charge >= 0.3 is 12.1 Å². The molecule has 3 aromatic carbocycles. The van der Waals surface area contributed by atoms with Gasteiger partial charge in [0, 0.05) is 48.5 Å². The summed E-state index contributed by atoms with van der Waals surface area (Å²) in [6.07, 6.45) is 16.7. The zero-order valence-electron chi connectivity index (χ0n) is 31.3. The minimum Gasteiger partial charge on any atom is -0.335 e. The van der Waals surface area contributed by atoms with Crippen molar-refractivity contribution >= 4 is 17.7 Å². The maximum absolute atomic E-state index is 12.9. The Labute approximate surface area is 315 Å². The Morgan fingerprint density at radius 2 is 0.981 bits per heavy atom. The molecule has 2 saturated heterocycles. The van der Waals surface area contributed by atoms with Crippen LogP contribution in [0.15, 0.2) is 72.8 Å². The van der Waals surface area contributed by atoms with Gasteiger partial charge in [-0.1, -0.05) is 60.7 Å².